The van der Waals surface area contributed by atoms with Crippen molar-refractivity contribution in [2.45, 2.75) is 38.8 Å². The van der Waals surface area contributed by atoms with Gasteiger partial charge in [0.15, 0.2) is 0 Å². The molecular weight excluding hydrogens is 214 g/mol. The molecule has 94 valence electrons. The minimum atomic E-state index is -0.320. The molecule has 2 rings (SSSR count). The van der Waals surface area contributed by atoms with E-state index in [1.54, 1.807) is 7.11 Å². The number of ether oxygens (including phenoxy) is 1. The first-order chi connectivity index (χ1) is 8.13. The lowest BCUT2D eigenvalue weighted by Gasteiger charge is -2.30. The summed E-state index contributed by atoms with van der Waals surface area (Å²) >= 11 is 0. The van der Waals surface area contributed by atoms with Crippen molar-refractivity contribution in [3.8, 4) is 5.75 Å². The number of hydrogen-bond donors (Lipinski definition) is 2. The van der Waals surface area contributed by atoms with Crippen molar-refractivity contribution in [3.05, 3.63) is 28.8 Å². The van der Waals surface area contributed by atoms with Crippen molar-refractivity contribution in [2.24, 2.45) is 0 Å². The average molecular weight is 235 g/mol. The number of aliphatic hydroxyl groups is 1. The van der Waals surface area contributed by atoms with Crippen LogP contribution >= 0.6 is 0 Å². The molecule has 2 unspecified atom stereocenters. The van der Waals surface area contributed by atoms with Crippen LogP contribution in [0.2, 0.25) is 0 Å². The summed E-state index contributed by atoms with van der Waals surface area (Å²) in [6.07, 6.45) is 1.57. The highest BCUT2D eigenvalue weighted by molar-refractivity contribution is 5.44. The van der Waals surface area contributed by atoms with Crippen molar-refractivity contribution >= 4 is 0 Å². The van der Waals surface area contributed by atoms with Gasteiger partial charge in [-0.25, -0.2) is 0 Å². The monoisotopic (exact) mass is 235 g/mol. The van der Waals surface area contributed by atoms with Crippen molar-refractivity contribution < 1.29 is 9.84 Å². The Bertz CT molecular complexity index is 403. The molecule has 0 aromatic heterocycles. The van der Waals surface area contributed by atoms with Gasteiger partial charge in [-0.2, -0.15) is 0 Å². The van der Waals surface area contributed by atoms with Crippen LogP contribution in [-0.2, 0) is 0 Å². The number of piperidine rings is 1. The Balaban J connectivity index is 2.38. The van der Waals surface area contributed by atoms with Gasteiger partial charge < -0.3 is 15.2 Å². The van der Waals surface area contributed by atoms with Gasteiger partial charge in [-0.15, -0.1) is 0 Å². The summed E-state index contributed by atoms with van der Waals surface area (Å²) in [6.45, 7) is 5.12. The predicted molar refractivity (Wildman–Crippen MR) is 68.5 cm³/mol. The van der Waals surface area contributed by atoms with Gasteiger partial charge in [-0.3, -0.25) is 0 Å². The maximum atomic E-state index is 10.1. The molecule has 0 spiro atoms. The van der Waals surface area contributed by atoms with Gasteiger partial charge in [0.2, 0.25) is 0 Å². The van der Waals surface area contributed by atoms with E-state index < -0.39 is 0 Å². The lowest BCUT2D eigenvalue weighted by Crippen LogP contribution is -2.37. The van der Waals surface area contributed by atoms with Crippen LogP contribution < -0.4 is 10.1 Å². The van der Waals surface area contributed by atoms with Crippen LogP contribution in [0.1, 0.15) is 35.6 Å². The molecule has 0 bridgehead atoms. The quantitative estimate of drug-likeness (QED) is 0.825. The maximum absolute atomic E-state index is 10.1. The first-order valence-electron chi connectivity index (χ1n) is 6.20. The van der Waals surface area contributed by atoms with E-state index in [-0.39, 0.29) is 12.1 Å². The molecule has 1 aliphatic heterocycles. The minimum Gasteiger partial charge on any atom is -0.496 e. The number of aliphatic hydroxyl groups excluding tert-OH is 1. The summed E-state index contributed by atoms with van der Waals surface area (Å²) in [4.78, 5) is 0. The molecule has 0 saturated carbocycles. The summed E-state index contributed by atoms with van der Waals surface area (Å²) in [6, 6.07) is 4.17. The van der Waals surface area contributed by atoms with Gasteiger partial charge in [0.1, 0.15) is 5.75 Å². The fraction of sp³-hybridized carbons (Fsp3) is 0.571. The van der Waals surface area contributed by atoms with Crippen molar-refractivity contribution in [3.63, 3.8) is 0 Å². The fourth-order valence-electron chi connectivity index (χ4n) is 2.42. The van der Waals surface area contributed by atoms with E-state index in [2.05, 4.69) is 25.2 Å². The van der Waals surface area contributed by atoms with Crippen LogP contribution in [-0.4, -0.2) is 24.9 Å². The zero-order valence-corrected chi connectivity index (χ0v) is 10.8. The van der Waals surface area contributed by atoms with E-state index in [4.69, 9.17) is 4.74 Å². The number of aryl methyl sites for hydroxylation is 2. The Kier molecular flexibility index (Phi) is 3.69. The second kappa shape index (κ2) is 5.07. The molecule has 2 atom stereocenters. The van der Waals surface area contributed by atoms with Crippen molar-refractivity contribution in [2.75, 3.05) is 13.7 Å². The molecule has 1 aromatic carbocycles. The SMILES string of the molecule is COc1cc(C)c(C)cc1C1NCCCC1O. The second-order valence-corrected chi connectivity index (χ2v) is 4.82. The minimum absolute atomic E-state index is 0.00185. The van der Waals surface area contributed by atoms with Gasteiger partial charge >= 0.3 is 0 Å². The van der Waals surface area contributed by atoms with Crippen LogP contribution in [0.15, 0.2) is 12.1 Å². The molecule has 3 nitrogen and oxygen atoms in total. The van der Waals surface area contributed by atoms with Crippen molar-refractivity contribution in [1.82, 2.24) is 5.32 Å². The highest BCUT2D eigenvalue weighted by Gasteiger charge is 2.26. The van der Waals surface area contributed by atoms with Gasteiger partial charge in [-0.1, -0.05) is 6.07 Å². The molecule has 1 saturated heterocycles. The Morgan fingerprint density at radius 1 is 1.29 bits per heavy atom. The summed E-state index contributed by atoms with van der Waals surface area (Å²) in [5.74, 6) is 0.867. The molecule has 0 radical (unpaired) electrons. The zero-order valence-electron chi connectivity index (χ0n) is 10.8. The topological polar surface area (TPSA) is 41.5 Å². The van der Waals surface area contributed by atoms with Gasteiger partial charge in [-0.05, 0) is 50.4 Å². The van der Waals surface area contributed by atoms with E-state index >= 15 is 0 Å². The molecule has 1 aromatic rings. The molecule has 1 aliphatic rings. The van der Waals surface area contributed by atoms with E-state index in [1.165, 1.54) is 11.1 Å². The van der Waals surface area contributed by atoms with E-state index in [1.807, 2.05) is 6.07 Å². The molecule has 0 amide bonds. The predicted octanol–water partition coefficient (Wildman–Crippen LogP) is 2.10. The first-order valence-corrected chi connectivity index (χ1v) is 6.20. The van der Waals surface area contributed by atoms with Crippen LogP contribution in [0, 0.1) is 13.8 Å². The Morgan fingerprint density at radius 3 is 2.65 bits per heavy atom. The highest BCUT2D eigenvalue weighted by Crippen LogP contribution is 2.32. The number of methoxy groups -OCH3 is 1. The third-order valence-corrected chi connectivity index (χ3v) is 3.61. The van der Waals surface area contributed by atoms with Crippen LogP contribution in [0.4, 0.5) is 0 Å². The maximum Gasteiger partial charge on any atom is 0.124 e. The van der Waals surface area contributed by atoms with Crippen molar-refractivity contribution in [1.29, 1.82) is 0 Å². The summed E-state index contributed by atoms with van der Waals surface area (Å²) in [5, 5.41) is 13.5. The largest absolute Gasteiger partial charge is 0.496 e. The smallest absolute Gasteiger partial charge is 0.124 e. The number of rotatable bonds is 2. The lowest BCUT2D eigenvalue weighted by molar-refractivity contribution is 0.0952. The summed E-state index contributed by atoms with van der Waals surface area (Å²) in [5.41, 5.74) is 3.53. The number of nitrogens with one attached hydrogen (secondary N) is 1. The van der Waals surface area contributed by atoms with Crippen LogP contribution in [0.3, 0.4) is 0 Å². The van der Waals surface area contributed by atoms with E-state index in [9.17, 15) is 5.11 Å². The Hall–Kier alpha value is -1.06. The standard InChI is InChI=1S/C14H21NO2/c1-9-7-11(13(17-3)8-10(9)2)14-12(16)5-4-6-15-14/h7-8,12,14-16H,4-6H2,1-3H3. The molecule has 17 heavy (non-hydrogen) atoms. The zero-order chi connectivity index (χ0) is 12.4. The third-order valence-electron chi connectivity index (χ3n) is 3.61. The third kappa shape index (κ3) is 2.45. The molecule has 0 aliphatic carbocycles. The second-order valence-electron chi connectivity index (χ2n) is 4.82. The summed E-state index contributed by atoms with van der Waals surface area (Å²) in [7, 11) is 1.68. The first kappa shape index (κ1) is 12.4. The Labute approximate surface area is 103 Å². The molecule has 1 fully saturated rings. The molecule has 2 N–H and O–H groups in total. The highest BCUT2D eigenvalue weighted by atomic mass is 16.5. The number of hydrogen-bond acceptors (Lipinski definition) is 3. The van der Waals surface area contributed by atoms with E-state index in [0.29, 0.717) is 0 Å². The molecular formula is C14H21NO2. The lowest BCUT2D eigenvalue weighted by atomic mass is 9.92. The van der Waals surface area contributed by atoms with Gasteiger partial charge in [0.25, 0.3) is 0 Å². The molecule has 3 heteroatoms. The van der Waals surface area contributed by atoms with E-state index in [0.717, 1.165) is 30.7 Å². The summed E-state index contributed by atoms with van der Waals surface area (Å²) < 4.78 is 5.43. The average Bonchev–Trinajstić information content (AvgIpc) is 2.33. The normalized spacial score (nSPS) is 24.7. The number of benzene rings is 1. The van der Waals surface area contributed by atoms with Crippen LogP contribution in [0.25, 0.3) is 0 Å². The van der Waals surface area contributed by atoms with Crippen LogP contribution in [0.5, 0.6) is 5.75 Å². The Morgan fingerprint density at radius 2 is 2.00 bits per heavy atom. The fourth-order valence-corrected chi connectivity index (χ4v) is 2.42. The van der Waals surface area contributed by atoms with Gasteiger partial charge in [0, 0.05) is 5.56 Å². The molecule has 1 heterocycles. The van der Waals surface area contributed by atoms with Gasteiger partial charge in [0.05, 0.1) is 19.3 Å².